The number of rotatable bonds is 7. The molecule has 3 aromatic heterocycles. The maximum absolute atomic E-state index is 12.9. The van der Waals surface area contributed by atoms with Crippen molar-refractivity contribution >= 4 is 39.9 Å². The van der Waals surface area contributed by atoms with Crippen molar-refractivity contribution in [2.24, 2.45) is 11.7 Å². The predicted molar refractivity (Wildman–Crippen MR) is 134 cm³/mol. The number of thioether (sulfide) groups is 1. The van der Waals surface area contributed by atoms with Crippen molar-refractivity contribution < 1.29 is 9.59 Å². The van der Waals surface area contributed by atoms with Gasteiger partial charge in [-0.15, -0.1) is 21.5 Å². The highest BCUT2D eigenvalue weighted by Gasteiger charge is 2.30. The first-order valence-electron chi connectivity index (χ1n) is 11.7. The molecule has 1 fully saturated rings. The molecule has 2 atom stereocenters. The molecule has 0 aliphatic heterocycles. The number of nitrogens with two attached hydrogens (primary N) is 1. The van der Waals surface area contributed by atoms with Gasteiger partial charge in [-0.25, -0.2) is 0 Å². The largest absolute Gasteiger partial charge is 0.365 e. The standard InChI is InChI=1S/C24H28N6O2S2/c1-14-6-2-3-9-17(14)30-22(15-7-5-11-26-12-15)28-29-24(30)33-13-19(31)27-23-20(21(25)32)16-8-4-10-18(16)34-23/h5,7,11-12,14,17H,2-4,6,8-10,13H2,1H3,(H2,25,32)(H,27,31). The lowest BCUT2D eigenvalue weighted by molar-refractivity contribution is -0.113. The Kier molecular flexibility index (Phi) is 6.69. The highest BCUT2D eigenvalue weighted by molar-refractivity contribution is 7.99. The lowest BCUT2D eigenvalue weighted by Gasteiger charge is -2.31. The van der Waals surface area contributed by atoms with Crippen LogP contribution in [0.4, 0.5) is 5.00 Å². The van der Waals surface area contributed by atoms with E-state index >= 15 is 0 Å². The summed E-state index contributed by atoms with van der Waals surface area (Å²) in [6, 6.07) is 4.17. The van der Waals surface area contributed by atoms with Gasteiger partial charge in [0.05, 0.1) is 11.3 Å². The van der Waals surface area contributed by atoms with Gasteiger partial charge in [0.15, 0.2) is 11.0 Å². The van der Waals surface area contributed by atoms with E-state index < -0.39 is 5.91 Å². The fourth-order valence-electron chi connectivity index (χ4n) is 5.09. The maximum atomic E-state index is 12.9. The number of hydrogen-bond acceptors (Lipinski definition) is 7. The molecule has 3 heterocycles. The molecule has 2 amide bonds. The number of primary amides is 1. The summed E-state index contributed by atoms with van der Waals surface area (Å²) in [5, 5.41) is 13.2. The number of anilines is 1. The summed E-state index contributed by atoms with van der Waals surface area (Å²) in [6.45, 7) is 2.28. The molecular weight excluding hydrogens is 468 g/mol. The quantitative estimate of drug-likeness (QED) is 0.466. The Labute approximate surface area is 206 Å². The number of aryl methyl sites for hydroxylation is 1. The van der Waals surface area contributed by atoms with Crippen LogP contribution in [0.25, 0.3) is 11.4 Å². The van der Waals surface area contributed by atoms with Gasteiger partial charge in [0, 0.05) is 28.9 Å². The van der Waals surface area contributed by atoms with Crippen molar-refractivity contribution in [2.75, 3.05) is 11.1 Å². The second-order valence-corrected chi connectivity index (χ2v) is 11.1. The molecule has 178 valence electrons. The predicted octanol–water partition coefficient (Wildman–Crippen LogP) is 4.47. The van der Waals surface area contributed by atoms with Crippen molar-refractivity contribution in [2.45, 2.75) is 63.1 Å². The fourth-order valence-corrected chi connectivity index (χ4v) is 7.20. The Balaban J connectivity index is 1.36. The number of aromatic nitrogens is 4. The van der Waals surface area contributed by atoms with Crippen molar-refractivity contribution in [1.29, 1.82) is 0 Å². The van der Waals surface area contributed by atoms with Crippen molar-refractivity contribution in [1.82, 2.24) is 19.7 Å². The third-order valence-electron chi connectivity index (χ3n) is 6.74. The number of amides is 2. The molecule has 8 nitrogen and oxygen atoms in total. The van der Waals surface area contributed by atoms with E-state index in [1.807, 2.05) is 12.1 Å². The zero-order chi connectivity index (χ0) is 23.7. The normalized spacial score (nSPS) is 19.7. The van der Waals surface area contributed by atoms with Crippen LogP contribution in [0, 0.1) is 5.92 Å². The van der Waals surface area contributed by atoms with E-state index in [2.05, 4.69) is 32.0 Å². The van der Waals surface area contributed by atoms with Crippen LogP contribution < -0.4 is 11.1 Å². The van der Waals surface area contributed by atoms with Crippen molar-refractivity contribution in [3.63, 3.8) is 0 Å². The minimum Gasteiger partial charge on any atom is -0.365 e. The van der Waals surface area contributed by atoms with E-state index in [0.717, 1.165) is 52.7 Å². The monoisotopic (exact) mass is 496 g/mol. The van der Waals surface area contributed by atoms with E-state index in [1.165, 1.54) is 42.4 Å². The van der Waals surface area contributed by atoms with E-state index in [0.29, 0.717) is 16.5 Å². The van der Waals surface area contributed by atoms with E-state index in [4.69, 9.17) is 5.73 Å². The van der Waals surface area contributed by atoms with Gasteiger partial charge < -0.3 is 11.1 Å². The molecule has 0 bridgehead atoms. The van der Waals surface area contributed by atoms with Crippen LogP contribution in [-0.2, 0) is 17.6 Å². The number of carbonyl (C=O) groups is 2. The van der Waals surface area contributed by atoms with E-state index in [9.17, 15) is 9.59 Å². The van der Waals surface area contributed by atoms with Gasteiger partial charge in [-0.05, 0) is 55.7 Å². The zero-order valence-electron chi connectivity index (χ0n) is 19.1. The zero-order valence-corrected chi connectivity index (χ0v) is 20.8. The lowest BCUT2D eigenvalue weighted by Crippen LogP contribution is -2.23. The van der Waals surface area contributed by atoms with E-state index in [1.54, 1.807) is 12.4 Å². The molecule has 0 spiro atoms. The first kappa shape index (κ1) is 23.0. The Bertz CT molecular complexity index is 1210. The van der Waals surface area contributed by atoms with Gasteiger partial charge in [0.25, 0.3) is 5.91 Å². The van der Waals surface area contributed by atoms with Crippen molar-refractivity contribution in [3.8, 4) is 11.4 Å². The number of nitrogens with zero attached hydrogens (tertiary/aromatic N) is 4. The summed E-state index contributed by atoms with van der Waals surface area (Å²) in [5.41, 5.74) is 8.04. The number of fused-ring (bicyclic) bond motifs is 1. The van der Waals surface area contributed by atoms with Crippen LogP contribution in [0.2, 0.25) is 0 Å². The molecule has 5 rings (SSSR count). The molecule has 0 aromatic carbocycles. The number of pyridine rings is 1. The summed E-state index contributed by atoms with van der Waals surface area (Å²) in [7, 11) is 0. The number of thiophene rings is 1. The molecule has 1 saturated carbocycles. The summed E-state index contributed by atoms with van der Waals surface area (Å²) in [5.74, 6) is 0.809. The molecule has 10 heteroatoms. The Morgan fingerprint density at radius 1 is 1.24 bits per heavy atom. The number of hydrogen-bond donors (Lipinski definition) is 2. The fraction of sp³-hybridized carbons (Fsp3) is 0.458. The second kappa shape index (κ2) is 9.87. The molecule has 3 aromatic rings. The molecular formula is C24H28N6O2S2. The third kappa shape index (κ3) is 4.48. The van der Waals surface area contributed by atoms with Gasteiger partial charge in [-0.1, -0.05) is 31.5 Å². The Morgan fingerprint density at radius 3 is 2.85 bits per heavy atom. The SMILES string of the molecule is CC1CCCCC1n1c(SCC(=O)Nc2sc3c(c2C(N)=O)CCC3)nnc1-c1cccnc1. The third-order valence-corrected chi connectivity index (χ3v) is 8.89. The summed E-state index contributed by atoms with van der Waals surface area (Å²) < 4.78 is 2.20. The van der Waals surface area contributed by atoms with Gasteiger partial charge in [-0.2, -0.15) is 0 Å². The minimum absolute atomic E-state index is 0.174. The van der Waals surface area contributed by atoms with Crippen LogP contribution >= 0.6 is 23.1 Å². The highest BCUT2D eigenvalue weighted by Crippen LogP contribution is 2.40. The van der Waals surface area contributed by atoms with Gasteiger partial charge in [0.2, 0.25) is 5.91 Å². The summed E-state index contributed by atoms with van der Waals surface area (Å²) in [6.07, 6.45) is 11.0. The molecule has 2 aliphatic carbocycles. The van der Waals surface area contributed by atoms with Crippen LogP contribution in [0.3, 0.4) is 0 Å². The maximum Gasteiger partial charge on any atom is 0.251 e. The smallest absolute Gasteiger partial charge is 0.251 e. The summed E-state index contributed by atoms with van der Waals surface area (Å²) >= 11 is 2.85. The Morgan fingerprint density at radius 2 is 2.09 bits per heavy atom. The van der Waals surface area contributed by atoms with Crippen LogP contribution in [0.15, 0.2) is 29.7 Å². The highest BCUT2D eigenvalue weighted by atomic mass is 32.2. The lowest BCUT2D eigenvalue weighted by atomic mass is 9.85. The number of carbonyl (C=O) groups excluding carboxylic acids is 2. The molecule has 2 aliphatic rings. The van der Waals surface area contributed by atoms with Crippen LogP contribution in [-0.4, -0.2) is 37.3 Å². The average Bonchev–Trinajstić information content (AvgIpc) is 3.53. The molecule has 0 radical (unpaired) electrons. The first-order valence-corrected chi connectivity index (χ1v) is 13.6. The molecule has 0 saturated heterocycles. The minimum atomic E-state index is -0.477. The van der Waals surface area contributed by atoms with Gasteiger partial charge >= 0.3 is 0 Å². The molecule has 34 heavy (non-hydrogen) atoms. The Hall–Kier alpha value is -2.72. The van der Waals surface area contributed by atoms with Gasteiger partial charge in [0.1, 0.15) is 5.00 Å². The van der Waals surface area contributed by atoms with Gasteiger partial charge in [-0.3, -0.25) is 19.1 Å². The molecule has 2 unspecified atom stereocenters. The molecule has 3 N–H and O–H groups in total. The summed E-state index contributed by atoms with van der Waals surface area (Å²) in [4.78, 5) is 30.3. The number of nitrogens with one attached hydrogen (secondary N) is 1. The second-order valence-electron chi connectivity index (χ2n) is 9.01. The topological polar surface area (TPSA) is 116 Å². The average molecular weight is 497 g/mol. The van der Waals surface area contributed by atoms with E-state index in [-0.39, 0.29) is 17.7 Å². The van der Waals surface area contributed by atoms with Crippen LogP contribution in [0.5, 0.6) is 0 Å². The van der Waals surface area contributed by atoms with Crippen LogP contribution in [0.1, 0.15) is 65.9 Å². The van der Waals surface area contributed by atoms with Crippen molar-refractivity contribution in [3.05, 3.63) is 40.5 Å². The first-order chi connectivity index (χ1) is 16.5.